The van der Waals surface area contributed by atoms with Crippen LogP contribution in [-0.4, -0.2) is 49.0 Å². The van der Waals surface area contributed by atoms with Crippen LogP contribution in [0.2, 0.25) is 0 Å². The van der Waals surface area contributed by atoms with Crippen molar-refractivity contribution >= 4 is 23.6 Å². The molecule has 1 N–H and O–H groups in total. The van der Waals surface area contributed by atoms with Crippen molar-refractivity contribution in [3.05, 3.63) is 23.8 Å². The number of carboxylic acid groups (broad SMARTS) is 1. The number of thioether (sulfide) groups is 1. The van der Waals surface area contributed by atoms with Gasteiger partial charge in [0.1, 0.15) is 11.7 Å². The molecule has 1 saturated heterocycles. The fourth-order valence-electron chi connectivity index (χ4n) is 2.12. The molecule has 6 nitrogen and oxygen atoms in total. The van der Waals surface area contributed by atoms with E-state index in [4.69, 9.17) is 0 Å². The SMILES string of the molecule is Cc1cnc(C(=O)N2C(C(=O)O)CSC2C(C)C)cn1. The van der Waals surface area contributed by atoms with Gasteiger partial charge in [-0.2, -0.15) is 0 Å². The van der Waals surface area contributed by atoms with Gasteiger partial charge in [0.2, 0.25) is 0 Å². The van der Waals surface area contributed by atoms with E-state index in [0.29, 0.717) is 11.4 Å². The van der Waals surface area contributed by atoms with Crippen LogP contribution < -0.4 is 0 Å². The molecule has 2 atom stereocenters. The Labute approximate surface area is 121 Å². The maximum absolute atomic E-state index is 12.5. The quantitative estimate of drug-likeness (QED) is 0.907. The second-order valence-electron chi connectivity index (χ2n) is 5.08. The van der Waals surface area contributed by atoms with E-state index in [0.717, 1.165) is 0 Å². The fourth-order valence-corrected chi connectivity index (χ4v) is 3.59. The predicted molar refractivity (Wildman–Crippen MR) is 75.4 cm³/mol. The molecule has 0 aromatic carbocycles. The molecule has 0 saturated carbocycles. The molecule has 0 radical (unpaired) electrons. The van der Waals surface area contributed by atoms with Crippen LogP contribution in [-0.2, 0) is 4.79 Å². The molecule has 108 valence electrons. The fraction of sp³-hybridized carbons (Fsp3) is 0.538. The lowest BCUT2D eigenvalue weighted by atomic mass is 10.1. The van der Waals surface area contributed by atoms with Crippen molar-refractivity contribution in [3.8, 4) is 0 Å². The zero-order valence-electron chi connectivity index (χ0n) is 11.6. The Kier molecular flexibility index (Phi) is 4.27. The van der Waals surface area contributed by atoms with Gasteiger partial charge in [0, 0.05) is 11.9 Å². The summed E-state index contributed by atoms with van der Waals surface area (Å²) in [4.78, 5) is 33.4. The maximum atomic E-state index is 12.5. The number of carbonyl (C=O) groups is 2. The number of carbonyl (C=O) groups excluding carboxylic acids is 1. The van der Waals surface area contributed by atoms with E-state index < -0.39 is 12.0 Å². The third kappa shape index (κ3) is 2.77. The average molecular weight is 295 g/mol. The number of carboxylic acids is 1. The monoisotopic (exact) mass is 295 g/mol. The zero-order valence-corrected chi connectivity index (χ0v) is 12.4. The topological polar surface area (TPSA) is 83.4 Å². The van der Waals surface area contributed by atoms with Crippen molar-refractivity contribution in [1.82, 2.24) is 14.9 Å². The standard InChI is InChI=1S/C13H17N3O3S/c1-7(2)12-16(10(6-20-12)13(18)19)11(17)9-5-14-8(3)4-15-9/h4-5,7,10,12H,6H2,1-3H3,(H,18,19). The van der Waals surface area contributed by atoms with Crippen molar-refractivity contribution in [2.45, 2.75) is 32.2 Å². The number of hydrogen-bond donors (Lipinski definition) is 1. The van der Waals surface area contributed by atoms with Crippen LogP contribution in [0.4, 0.5) is 0 Å². The molecule has 0 bridgehead atoms. The van der Waals surface area contributed by atoms with E-state index >= 15 is 0 Å². The Balaban J connectivity index is 2.31. The van der Waals surface area contributed by atoms with E-state index in [1.807, 2.05) is 13.8 Å². The van der Waals surface area contributed by atoms with E-state index in [2.05, 4.69) is 9.97 Å². The third-order valence-electron chi connectivity index (χ3n) is 3.12. The molecule has 1 aliphatic rings. The lowest BCUT2D eigenvalue weighted by Gasteiger charge is -2.29. The predicted octanol–water partition coefficient (Wildman–Crippen LogP) is 1.41. The summed E-state index contributed by atoms with van der Waals surface area (Å²) in [7, 11) is 0. The molecule has 1 aromatic rings. The lowest BCUT2D eigenvalue weighted by Crippen LogP contribution is -2.47. The first-order valence-electron chi connectivity index (χ1n) is 6.37. The Hall–Kier alpha value is -1.63. The van der Waals surface area contributed by atoms with Crippen LogP contribution in [0.25, 0.3) is 0 Å². The van der Waals surface area contributed by atoms with Crippen LogP contribution >= 0.6 is 11.8 Å². The molecule has 20 heavy (non-hydrogen) atoms. The van der Waals surface area contributed by atoms with Crippen molar-refractivity contribution in [2.24, 2.45) is 5.92 Å². The number of nitrogens with zero attached hydrogens (tertiary/aromatic N) is 3. The van der Waals surface area contributed by atoms with Crippen molar-refractivity contribution in [1.29, 1.82) is 0 Å². The summed E-state index contributed by atoms with van der Waals surface area (Å²) in [5.41, 5.74) is 0.905. The van der Waals surface area contributed by atoms with Gasteiger partial charge in [-0.15, -0.1) is 11.8 Å². The molecular formula is C13H17N3O3S. The summed E-state index contributed by atoms with van der Waals surface area (Å²) in [6.45, 7) is 5.73. The van der Waals surface area contributed by atoms with Crippen LogP contribution in [0.3, 0.4) is 0 Å². The van der Waals surface area contributed by atoms with Crippen molar-refractivity contribution in [3.63, 3.8) is 0 Å². The minimum atomic E-state index is -0.978. The maximum Gasteiger partial charge on any atom is 0.327 e. The Morgan fingerprint density at radius 3 is 2.60 bits per heavy atom. The molecular weight excluding hydrogens is 278 g/mol. The molecule has 1 aliphatic heterocycles. The Morgan fingerprint density at radius 1 is 1.40 bits per heavy atom. The van der Waals surface area contributed by atoms with Crippen LogP contribution in [0.1, 0.15) is 30.0 Å². The molecule has 7 heteroatoms. The van der Waals surface area contributed by atoms with Gasteiger partial charge in [0.25, 0.3) is 5.91 Å². The Bertz CT molecular complexity index is 518. The third-order valence-corrected chi connectivity index (χ3v) is 4.75. The van der Waals surface area contributed by atoms with Crippen LogP contribution in [0.5, 0.6) is 0 Å². The van der Waals surface area contributed by atoms with Gasteiger partial charge >= 0.3 is 5.97 Å². The van der Waals surface area contributed by atoms with Gasteiger partial charge in [-0.1, -0.05) is 13.8 Å². The molecule has 1 fully saturated rings. The van der Waals surface area contributed by atoms with Gasteiger partial charge in [-0.3, -0.25) is 9.78 Å². The van der Waals surface area contributed by atoms with E-state index in [9.17, 15) is 14.7 Å². The van der Waals surface area contributed by atoms with E-state index in [-0.39, 0.29) is 22.9 Å². The average Bonchev–Trinajstić information content (AvgIpc) is 2.83. The minimum absolute atomic E-state index is 0.147. The second kappa shape index (κ2) is 5.78. The second-order valence-corrected chi connectivity index (χ2v) is 6.23. The number of aliphatic carboxylic acids is 1. The minimum Gasteiger partial charge on any atom is -0.480 e. The van der Waals surface area contributed by atoms with E-state index in [1.54, 1.807) is 6.92 Å². The highest BCUT2D eigenvalue weighted by Crippen LogP contribution is 2.34. The Morgan fingerprint density at radius 2 is 2.10 bits per heavy atom. The van der Waals surface area contributed by atoms with Gasteiger partial charge < -0.3 is 10.0 Å². The molecule has 2 rings (SSSR count). The first kappa shape index (κ1) is 14.8. The summed E-state index contributed by atoms with van der Waals surface area (Å²) >= 11 is 1.50. The van der Waals surface area contributed by atoms with Gasteiger partial charge in [0.15, 0.2) is 0 Å². The first-order chi connectivity index (χ1) is 9.41. The molecule has 1 amide bonds. The van der Waals surface area contributed by atoms with Gasteiger partial charge in [-0.05, 0) is 12.8 Å². The highest BCUT2D eigenvalue weighted by Gasteiger charge is 2.43. The summed E-state index contributed by atoms with van der Waals surface area (Å²) in [5, 5.41) is 9.13. The van der Waals surface area contributed by atoms with Crippen molar-refractivity contribution in [2.75, 3.05) is 5.75 Å². The number of amides is 1. The van der Waals surface area contributed by atoms with Gasteiger partial charge in [-0.25, -0.2) is 9.78 Å². The summed E-state index contributed by atoms with van der Waals surface area (Å²) < 4.78 is 0. The molecule has 0 aliphatic carbocycles. The number of rotatable bonds is 3. The molecule has 2 unspecified atom stereocenters. The van der Waals surface area contributed by atoms with E-state index in [1.165, 1.54) is 29.1 Å². The zero-order chi connectivity index (χ0) is 14.9. The molecule has 2 heterocycles. The molecule has 1 aromatic heterocycles. The normalized spacial score (nSPS) is 22.3. The van der Waals surface area contributed by atoms with Gasteiger partial charge in [0.05, 0.1) is 17.3 Å². The lowest BCUT2D eigenvalue weighted by molar-refractivity contribution is -0.141. The summed E-state index contributed by atoms with van der Waals surface area (Å²) in [6.07, 6.45) is 2.91. The molecule has 0 spiro atoms. The summed E-state index contributed by atoms with van der Waals surface area (Å²) in [5.74, 6) is -0.766. The summed E-state index contributed by atoms with van der Waals surface area (Å²) in [6, 6.07) is -0.803. The highest BCUT2D eigenvalue weighted by atomic mass is 32.2. The van der Waals surface area contributed by atoms with Crippen LogP contribution in [0.15, 0.2) is 12.4 Å². The smallest absolute Gasteiger partial charge is 0.327 e. The van der Waals surface area contributed by atoms with Crippen LogP contribution in [0, 0.1) is 12.8 Å². The highest BCUT2D eigenvalue weighted by molar-refractivity contribution is 8.00. The largest absolute Gasteiger partial charge is 0.480 e. The van der Waals surface area contributed by atoms with Crippen molar-refractivity contribution < 1.29 is 14.7 Å². The number of aryl methyl sites for hydroxylation is 1. The number of aromatic nitrogens is 2. The first-order valence-corrected chi connectivity index (χ1v) is 7.42. The number of hydrogen-bond acceptors (Lipinski definition) is 5.